The van der Waals surface area contributed by atoms with Crippen molar-refractivity contribution in [2.24, 2.45) is 0 Å². The van der Waals surface area contributed by atoms with E-state index in [0.29, 0.717) is 0 Å². The molecule has 1 aliphatic rings. The van der Waals surface area contributed by atoms with E-state index in [-0.39, 0.29) is 5.92 Å². The van der Waals surface area contributed by atoms with Gasteiger partial charge in [0.15, 0.2) is 0 Å². The third-order valence-corrected chi connectivity index (χ3v) is 4.88. The lowest BCUT2D eigenvalue weighted by molar-refractivity contribution is 0.220. The zero-order valence-corrected chi connectivity index (χ0v) is 13.7. The number of allylic oxidation sites excluding steroid dienone is 4. The lowest BCUT2D eigenvalue weighted by Gasteiger charge is -2.22. The third kappa shape index (κ3) is 2.47. The van der Waals surface area contributed by atoms with Crippen molar-refractivity contribution in [3.05, 3.63) is 107 Å². The van der Waals surface area contributed by atoms with E-state index in [1.807, 2.05) is 42.5 Å². The minimum absolute atomic E-state index is 0.239. The van der Waals surface area contributed by atoms with E-state index >= 15 is 0 Å². The van der Waals surface area contributed by atoms with Crippen molar-refractivity contribution in [3.8, 4) is 0 Å². The Labute approximate surface area is 142 Å². The summed E-state index contributed by atoms with van der Waals surface area (Å²) in [7, 11) is 0. The molecule has 0 fully saturated rings. The van der Waals surface area contributed by atoms with E-state index in [0.717, 1.165) is 21.9 Å². The summed E-state index contributed by atoms with van der Waals surface area (Å²) in [6, 6.07) is 22.5. The van der Waals surface area contributed by atoms with Gasteiger partial charge in [0.1, 0.15) is 6.10 Å². The maximum atomic E-state index is 11.2. The number of aliphatic hydroxyl groups excluding tert-OH is 1. The molecule has 2 unspecified atom stereocenters. The van der Waals surface area contributed by atoms with Gasteiger partial charge in [0, 0.05) is 5.92 Å². The van der Waals surface area contributed by atoms with Crippen molar-refractivity contribution in [2.75, 3.05) is 0 Å². The van der Waals surface area contributed by atoms with Crippen LogP contribution < -0.4 is 0 Å². The highest BCUT2D eigenvalue weighted by Crippen LogP contribution is 2.39. The van der Waals surface area contributed by atoms with Crippen LogP contribution in [0.1, 0.15) is 35.6 Å². The number of rotatable bonds is 3. The smallest absolute Gasteiger partial charge is 0.105 e. The summed E-state index contributed by atoms with van der Waals surface area (Å²) in [6.45, 7) is 2.15. The van der Waals surface area contributed by atoms with Gasteiger partial charge in [-0.2, -0.15) is 0 Å². The molecule has 3 aromatic carbocycles. The largest absolute Gasteiger partial charge is 0.384 e. The van der Waals surface area contributed by atoms with Gasteiger partial charge in [-0.15, -0.1) is 0 Å². The maximum Gasteiger partial charge on any atom is 0.105 e. The van der Waals surface area contributed by atoms with E-state index in [9.17, 15) is 5.11 Å². The average molecular weight is 312 g/mol. The Morgan fingerprint density at radius 3 is 2.38 bits per heavy atom. The molecule has 118 valence electrons. The van der Waals surface area contributed by atoms with Crippen LogP contribution in [0.25, 0.3) is 10.8 Å². The van der Waals surface area contributed by atoms with Crippen molar-refractivity contribution in [1.82, 2.24) is 0 Å². The minimum Gasteiger partial charge on any atom is -0.384 e. The van der Waals surface area contributed by atoms with Gasteiger partial charge in [-0.3, -0.25) is 0 Å². The van der Waals surface area contributed by atoms with Gasteiger partial charge >= 0.3 is 0 Å². The molecule has 0 aliphatic heterocycles. The molecule has 0 radical (unpaired) electrons. The molecule has 2 atom stereocenters. The summed E-state index contributed by atoms with van der Waals surface area (Å²) in [4.78, 5) is 0. The number of hydrogen-bond acceptors (Lipinski definition) is 1. The molecule has 24 heavy (non-hydrogen) atoms. The quantitative estimate of drug-likeness (QED) is 0.675. The fraction of sp³-hybridized carbons (Fsp3) is 0.130. The van der Waals surface area contributed by atoms with Crippen molar-refractivity contribution in [3.63, 3.8) is 0 Å². The number of hydrogen-bond donors (Lipinski definition) is 1. The highest BCUT2D eigenvalue weighted by atomic mass is 16.3. The SMILES string of the molecule is CC1=CC=CC1c1ccc2ccccc2c1C(O)c1ccccc1. The molecule has 0 heterocycles. The second kappa shape index (κ2) is 6.10. The highest BCUT2D eigenvalue weighted by molar-refractivity contribution is 5.88. The molecule has 0 saturated heterocycles. The Hall–Kier alpha value is -2.64. The normalized spacial score (nSPS) is 17.9. The van der Waals surface area contributed by atoms with Crippen molar-refractivity contribution < 1.29 is 5.11 Å². The van der Waals surface area contributed by atoms with Crippen LogP contribution in [0.15, 0.2) is 90.5 Å². The predicted octanol–water partition coefficient (Wildman–Crippen LogP) is 5.52. The third-order valence-electron chi connectivity index (χ3n) is 4.88. The standard InChI is InChI=1S/C23H20O/c1-16-8-7-13-19(16)21-15-14-17-9-5-6-12-20(17)22(21)23(24)18-10-3-2-4-11-18/h2-15,19,23-24H,1H3. The fourth-order valence-electron chi connectivity index (χ4n) is 3.61. The first-order valence-corrected chi connectivity index (χ1v) is 8.35. The highest BCUT2D eigenvalue weighted by Gasteiger charge is 2.23. The van der Waals surface area contributed by atoms with Crippen molar-refractivity contribution in [1.29, 1.82) is 0 Å². The topological polar surface area (TPSA) is 20.2 Å². The van der Waals surface area contributed by atoms with Crippen LogP contribution in [-0.2, 0) is 0 Å². The van der Waals surface area contributed by atoms with Crippen LogP contribution in [0.3, 0.4) is 0 Å². The molecule has 1 heteroatoms. The minimum atomic E-state index is -0.630. The van der Waals surface area contributed by atoms with Gasteiger partial charge in [0.2, 0.25) is 0 Å². The summed E-state index contributed by atoms with van der Waals surface area (Å²) in [5.41, 5.74) is 4.45. The van der Waals surface area contributed by atoms with Gasteiger partial charge in [-0.25, -0.2) is 0 Å². The second-order valence-electron chi connectivity index (χ2n) is 6.38. The molecule has 1 nitrogen and oxygen atoms in total. The Bertz CT molecular complexity index is 935. The first kappa shape index (κ1) is 14.9. The Morgan fingerprint density at radius 2 is 1.62 bits per heavy atom. The maximum absolute atomic E-state index is 11.2. The van der Waals surface area contributed by atoms with Gasteiger partial charge in [0.05, 0.1) is 0 Å². The number of fused-ring (bicyclic) bond motifs is 1. The molecule has 1 aliphatic carbocycles. The van der Waals surface area contributed by atoms with Crippen LogP contribution in [0.4, 0.5) is 0 Å². The van der Waals surface area contributed by atoms with Gasteiger partial charge in [-0.05, 0) is 34.4 Å². The number of benzene rings is 3. The molecule has 4 rings (SSSR count). The summed E-state index contributed by atoms with van der Waals surface area (Å²) in [5.74, 6) is 0.239. The summed E-state index contributed by atoms with van der Waals surface area (Å²) >= 11 is 0. The zero-order valence-electron chi connectivity index (χ0n) is 13.7. The van der Waals surface area contributed by atoms with E-state index in [2.05, 4.69) is 49.4 Å². The van der Waals surface area contributed by atoms with E-state index in [4.69, 9.17) is 0 Å². The molecule has 0 saturated carbocycles. The van der Waals surface area contributed by atoms with Gasteiger partial charge < -0.3 is 5.11 Å². The molecule has 1 N–H and O–H groups in total. The van der Waals surface area contributed by atoms with E-state index < -0.39 is 6.10 Å². The lowest BCUT2D eigenvalue weighted by Crippen LogP contribution is -2.08. The summed E-state index contributed by atoms with van der Waals surface area (Å²) in [5, 5.41) is 13.5. The first-order valence-electron chi connectivity index (χ1n) is 8.35. The van der Waals surface area contributed by atoms with Gasteiger partial charge in [0.25, 0.3) is 0 Å². The fourth-order valence-corrected chi connectivity index (χ4v) is 3.61. The molecular formula is C23H20O. The van der Waals surface area contributed by atoms with Crippen LogP contribution in [0.2, 0.25) is 0 Å². The van der Waals surface area contributed by atoms with Crippen LogP contribution >= 0.6 is 0 Å². The van der Waals surface area contributed by atoms with E-state index in [1.165, 1.54) is 11.1 Å². The molecule has 3 aromatic rings. The van der Waals surface area contributed by atoms with Crippen LogP contribution in [0, 0.1) is 0 Å². The second-order valence-corrected chi connectivity index (χ2v) is 6.38. The first-order chi connectivity index (χ1) is 11.8. The average Bonchev–Trinajstić information content (AvgIpc) is 3.06. The molecule has 0 aromatic heterocycles. The summed E-state index contributed by atoms with van der Waals surface area (Å²) in [6.07, 6.45) is 5.83. The van der Waals surface area contributed by atoms with Crippen LogP contribution in [0.5, 0.6) is 0 Å². The van der Waals surface area contributed by atoms with Gasteiger partial charge in [-0.1, -0.05) is 90.5 Å². The number of aliphatic hydroxyl groups is 1. The zero-order chi connectivity index (χ0) is 16.5. The molecule has 0 spiro atoms. The Balaban J connectivity index is 1.96. The lowest BCUT2D eigenvalue weighted by atomic mass is 9.84. The Kier molecular flexibility index (Phi) is 3.79. The van der Waals surface area contributed by atoms with Crippen LogP contribution in [-0.4, -0.2) is 5.11 Å². The van der Waals surface area contributed by atoms with E-state index in [1.54, 1.807) is 0 Å². The molecule has 0 amide bonds. The van der Waals surface area contributed by atoms with Crippen molar-refractivity contribution >= 4 is 10.8 Å². The Morgan fingerprint density at radius 1 is 0.875 bits per heavy atom. The summed E-state index contributed by atoms with van der Waals surface area (Å²) < 4.78 is 0. The predicted molar refractivity (Wildman–Crippen MR) is 100 cm³/mol. The molecule has 0 bridgehead atoms. The monoisotopic (exact) mass is 312 g/mol. The van der Waals surface area contributed by atoms with Crippen molar-refractivity contribution in [2.45, 2.75) is 18.9 Å². The molecular weight excluding hydrogens is 292 g/mol.